The van der Waals surface area contributed by atoms with Gasteiger partial charge in [-0.3, -0.25) is 0 Å². The summed E-state index contributed by atoms with van der Waals surface area (Å²) in [7, 11) is 0. The van der Waals surface area contributed by atoms with Gasteiger partial charge in [0.2, 0.25) is 0 Å². The molecule has 0 spiro atoms. The molecule has 1 aliphatic rings. The van der Waals surface area contributed by atoms with Crippen LogP contribution in [0.2, 0.25) is 0 Å². The van der Waals surface area contributed by atoms with Crippen LogP contribution in [0.15, 0.2) is 18.2 Å². The lowest BCUT2D eigenvalue weighted by Gasteiger charge is -2.35. The fraction of sp³-hybridized carbons (Fsp3) is 0.615. The van der Waals surface area contributed by atoms with Crippen molar-refractivity contribution in [2.45, 2.75) is 32.2 Å². The molecule has 0 amide bonds. The molecular formula is C13H21N3O. The maximum absolute atomic E-state index is 5.39. The number of pyridine rings is 1. The van der Waals surface area contributed by atoms with Crippen LogP contribution in [-0.2, 0) is 4.74 Å². The topological polar surface area (TPSA) is 46.2 Å². The highest BCUT2D eigenvalue weighted by Crippen LogP contribution is 2.24. The van der Waals surface area contributed by atoms with Crippen LogP contribution in [-0.4, -0.2) is 30.3 Å². The van der Waals surface area contributed by atoms with Gasteiger partial charge in [0.15, 0.2) is 0 Å². The Balaban J connectivity index is 2.04. The van der Waals surface area contributed by atoms with Gasteiger partial charge in [0.1, 0.15) is 11.6 Å². The molecule has 1 aromatic rings. The Labute approximate surface area is 103 Å². The fourth-order valence-corrected chi connectivity index (χ4v) is 2.04. The molecule has 1 saturated heterocycles. The molecule has 4 nitrogen and oxygen atoms in total. The quantitative estimate of drug-likeness (QED) is 0.841. The van der Waals surface area contributed by atoms with Crippen molar-refractivity contribution in [2.75, 3.05) is 30.4 Å². The Morgan fingerprint density at radius 2 is 2.00 bits per heavy atom. The molecule has 0 atom stereocenters. The zero-order valence-corrected chi connectivity index (χ0v) is 10.6. The van der Waals surface area contributed by atoms with E-state index in [-0.39, 0.29) is 5.54 Å². The number of ether oxygens (including phenoxy) is 1. The van der Waals surface area contributed by atoms with Crippen molar-refractivity contribution in [2.24, 2.45) is 0 Å². The molecule has 1 fully saturated rings. The number of aromatic nitrogens is 1. The fourth-order valence-electron chi connectivity index (χ4n) is 2.04. The summed E-state index contributed by atoms with van der Waals surface area (Å²) >= 11 is 0. The lowest BCUT2D eigenvalue weighted by atomic mass is 9.92. The van der Waals surface area contributed by atoms with Gasteiger partial charge in [-0.15, -0.1) is 0 Å². The molecule has 0 radical (unpaired) electrons. The summed E-state index contributed by atoms with van der Waals surface area (Å²) in [5, 5.41) is 6.75. The third kappa shape index (κ3) is 3.33. The third-order valence-electron chi connectivity index (χ3n) is 3.13. The van der Waals surface area contributed by atoms with Gasteiger partial charge >= 0.3 is 0 Å². The van der Waals surface area contributed by atoms with Gasteiger partial charge in [-0.1, -0.05) is 6.07 Å². The van der Waals surface area contributed by atoms with Gasteiger partial charge in [-0.2, -0.15) is 0 Å². The van der Waals surface area contributed by atoms with Crippen LogP contribution in [0.5, 0.6) is 0 Å². The summed E-state index contributed by atoms with van der Waals surface area (Å²) in [4.78, 5) is 4.54. The number of anilines is 2. The minimum Gasteiger partial charge on any atom is -0.381 e. The minimum atomic E-state index is 0.107. The maximum atomic E-state index is 5.39. The minimum absolute atomic E-state index is 0.107. The molecule has 0 aliphatic carbocycles. The van der Waals surface area contributed by atoms with Crippen molar-refractivity contribution >= 4 is 11.6 Å². The average molecular weight is 235 g/mol. The van der Waals surface area contributed by atoms with Crippen molar-refractivity contribution in [3.8, 4) is 0 Å². The molecule has 1 aliphatic heterocycles. The zero-order chi connectivity index (χ0) is 12.1. The van der Waals surface area contributed by atoms with Crippen LogP contribution in [0.4, 0.5) is 11.6 Å². The third-order valence-corrected chi connectivity index (χ3v) is 3.13. The van der Waals surface area contributed by atoms with Gasteiger partial charge in [-0.25, -0.2) is 4.98 Å². The molecule has 2 heterocycles. The van der Waals surface area contributed by atoms with Crippen molar-refractivity contribution in [1.82, 2.24) is 4.98 Å². The molecule has 2 N–H and O–H groups in total. The highest BCUT2D eigenvalue weighted by Gasteiger charge is 2.27. The van der Waals surface area contributed by atoms with Gasteiger partial charge in [0.05, 0.1) is 0 Å². The van der Waals surface area contributed by atoms with E-state index in [4.69, 9.17) is 4.74 Å². The van der Waals surface area contributed by atoms with Crippen molar-refractivity contribution < 1.29 is 4.74 Å². The summed E-state index contributed by atoms with van der Waals surface area (Å²) in [5.74, 6) is 1.86. The number of hydrogen-bond donors (Lipinski definition) is 2. The lowest BCUT2D eigenvalue weighted by molar-refractivity contribution is 0.0657. The summed E-state index contributed by atoms with van der Waals surface area (Å²) in [6, 6.07) is 6.03. The van der Waals surface area contributed by atoms with Crippen LogP contribution < -0.4 is 10.6 Å². The second-order valence-corrected chi connectivity index (χ2v) is 4.74. The van der Waals surface area contributed by atoms with Gasteiger partial charge in [0.25, 0.3) is 0 Å². The molecule has 17 heavy (non-hydrogen) atoms. The summed E-state index contributed by atoms with van der Waals surface area (Å²) in [5.41, 5.74) is 0.107. The molecule has 4 heteroatoms. The second-order valence-electron chi connectivity index (χ2n) is 4.74. The van der Waals surface area contributed by atoms with Gasteiger partial charge < -0.3 is 15.4 Å². The normalized spacial score (nSPS) is 18.7. The monoisotopic (exact) mass is 235 g/mol. The molecule has 94 valence electrons. The van der Waals surface area contributed by atoms with E-state index in [9.17, 15) is 0 Å². The maximum Gasteiger partial charge on any atom is 0.128 e. The number of rotatable bonds is 4. The Bertz CT molecular complexity index is 361. The predicted molar refractivity (Wildman–Crippen MR) is 70.5 cm³/mol. The highest BCUT2D eigenvalue weighted by atomic mass is 16.5. The van der Waals surface area contributed by atoms with Crippen molar-refractivity contribution in [3.05, 3.63) is 18.2 Å². The first kappa shape index (κ1) is 12.2. The van der Waals surface area contributed by atoms with Gasteiger partial charge in [0, 0.05) is 25.3 Å². The second kappa shape index (κ2) is 5.36. The Morgan fingerprint density at radius 1 is 1.29 bits per heavy atom. The van der Waals surface area contributed by atoms with E-state index < -0.39 is 0 Å². The van der Waals surface area contributed by atoms with E-state index in [1.807, 2.05) is 18.2 Å². The SMILES string of the molecule is CCNc1cccc(NC2(C)CCOCC2)n1. The molecule has 1 aromatic heterocycles. The van der Waals surface area contributed by atoms with Crippen LogP contribution in [0, 0.1) is 0 Å². The van der Waals surface area contributed by atoms with E-state index in [2.05, 4.69) is 29.5 Å². The number of nitrogens with one attached hydrogen (secondary N) is 2. The molecule has 0 aromatic carbocycles. The van der Waals surface area contributed by atoms with Crippen LogP contribution in [0.25, 0.3) is 0 Å². The smallest absolute Gasteiger partial charge is 0.128 e. The van der Waals surface area contributed by atoms with Crippen LogP contribution in [0.1, 0.15) is 26.7 Å². The first-order chi connectivity index (χ1) is 8.22. The first-order valence-electron chi connectivity index (χ1n) is 6.29. The summed E-state index contributed by atoms with van der Waals surface area (Å²) < 4.78 is 5.39. The van der Waals surface area contributed by atoms with E-state index in [1.54, 1.807) is 0 Å². The standard InChI is InChI=1S/C13H21N3O/c1-3-14-11-5-4-6-12(15-11)16-13(2)7-9-17-10-8-13/h4-6H,3,7-10H2,1-2H3,(H2,14,15,16). The van der Waals surface area contributed by atoms with Crippen molar-refractivity contribution in [1.29, 1.82) is 0 Å². The summed E-state index contributed by atoms with van der Waals surface area (Å²) in [6.07, 6.45) is 2.06. The molecule has 0 unspecified atom stereocenters. The lowest BCUT2D eigenvalue weighted by Crippen LogP contribution is -2.40. The number of nitrogens with zero attached hydrogens (tertiary/aromatic N) is 1. The molecule has 0 bridgehead atoms. The van der Waals surface area contributed by atoms with E-state index in [0.717, 1.165) is 44.2 Å². The number of hydrogen-bond acceptors (Lipinski definition) is 4. The predicted octanol–water partition coefficient (Wildman–Crippen LogP) is 2.49. The van der Waals surface area contributed by atoms with E-state index in [0.29, 0.717) is 0 Å². The van der Waals surface area contributed by atoms with Crippen LogP contribution >= 0.6 is 0 Å². The zero-order valence-electron chi connectivity index (χ0n) is 10.6. The Morgan fingerprint density at radius 3 is 2.71 bits per heavy atom. The van der Waals surface area contributed by atoms with E-state index >= 15 is 0 Å². The molecule has 0 saturated carbocycles. The Hall–Kier alpha value is -1.29. The molecular weight excluding hydrogens is 214 g/mol. The van der Waals surface area contributed by atoms with Crippen LogP contribution in [0.3, 0.4) is 0 Å². The first-order valence-corrected chi connectivity index (χ1v) is 6.29. The summed E-state index contributed by atoms with van der Waals surface area (Å²) in [6.45, 7) is 6.85. The molecule has 2 rings (SSSR count). The average Bonchev–Trinajstić information content (AvgIpc) is 2.30. The highest BCUT2D eigenvalue weighted by molar-refractivity contribution is 5.46. The van der Waals surface area contributed by atoms with E-state index in [1.165, 1.54) is 0 Å². The Kier molecular flexibility index (Phi) is 3.84. The van der Waals surface area contributed by atoms with Crippen molar-refractivity contribution in [3.63, 3.8) is 0 Å². The largest absolute Gasteiger partial charge is 0.381 e. The van der Waals surface area contributed by atoms with Gasteiger partial charge in [-0.05, 0) is 38.8 Å².